The number of aliphatic hydroxyl groups is 2. The smallest absolute Gasteiger partial charge is 0.220 e. The Balaban J connectivity index is 3.53. The highest BCUT2D eigenvalue weighted by atomic mass is 16.3. The van der Waals surface area contributed by atoms with E-state index in [0.29, 0.717) is 6.42 Å². The van der Waals surface area contributed by atoms with Gasteiger partial charge in [-0.05, 0) is 89.9 Å². The van der Waals surface area contributed by atoms with E-state index < -0.39 is 12.1 Å². The van der Waals surface area contributed by atoms with Gasteiger partial charge in [0, 0.05) is 6.42 Å². The Morgan fingerprint density at radius 2 is 0.608 bits per heavy atom. The molecule has 0 radical (unpaired) electrons. The van der Waals surface area contributed by atoms with E-state index in [-0.39, 0.29) is 12.5 Å². The quantitative estimate of drug-likeness (QED) is 0.0420. The van der Waals surface area contributed by atoms with E-state index in [0.717, 1.165) is 70.6 Å². The summed E-state index contributed by atoms with van der Waals surface area (Å²) in [6, 6.07) is -0.651. The first-order chi connectivity index (χ1) is 36.7. The van der Waals surface area contributed by atoms with E-state index in [1.807, 2.05) is 6.08 Å². The van der Waals surface area contributed by atoms with Gasteiger partial charge in [0.1, 0.15) is 0 Å². The van der Waals surface area contributed by atoms with Crippen LogP contribution >= 0.6 is 0 Å². The van der Waals surface area contributed by atoms with Crippen molar-refractivity contribution in [3.05, 3.63) is 97.2 Å². The Hall–Kier alpha value is -2.69. The fourth-order valence-corrected chi connectivity index (χ4v) is 9.65. The van der Waals surface area contributed by atoms with Gasteiger partial charge in [-0.2, -0.15) is 0 Å². The van der Waals surface area contributed by atoms with E-state index in [1.54, 1.807) is 6.08 Å². The third-order valence-corrected chi connectivity index (χ3v) is 14.5. The second-order valence-electron chi connectivity index (χ2n) is 21.8. The van der Waals surface area contributed by atoms with Gasteiger partial charge in [0.05, 0.1) is 18.8 Å². The molecule has 0 heterocycles. The van der Waals surface area contributed by atoms with Gasteiger partial charge in [-0.25, -0.2) is 0 Å². The molecule has 4 heteroatoms. The number of carbonyl (C=O) groups excluding carboxylic acids is 1. The first-order valence-corrected chi connectivity index (χ1v) is 32.5. The number of aliphatic hydroxyl groups excluding tert-OH is 2. The third-order valence-electron chi connectivity index (χ3n) is 14.5. The number of nitrogens with one attached hydrogen (secondary N) is 1. The molecule has 0 aliphatic carbocycles. The van der Waals surface area contributed by atoms with Crippen LogP contribution in [-0.4, -0.2) is 34.9 Å². The summed E-state index contributed by atoms with van der Waals surface area (Å²) in [5.41, 5.74) is 0. The molecule has 0 aromatic heterocycles. The summed E-state index contributed by atoms with van der Waals surface area (Å²) in [5, 5.41) is 23.2. The minimum Gasteiger partial charge on any atom is -0.394 e. The van der Waals surface area contributed by atoms with E-state index in [1.165, 1.54) is 231 Å². The van der Waals surface area contributed by atoms with Gasteiger partial charge in [-0.1, -0.05) is 323 Å². The Bertz CT molecular complexity index is 1350. The van der Waals surface area contributed by atoms with Crippen molar-refractivity contribution in [1.82, 2.24) is 5.32 Å². The lowest BCUT2D eigenvalue weighted by Crippen LogP contribution is -2.45. The average molecular weight is 1030 g/mol. The lowest BCUT2D eigenvalue weighted by atomic mass is 10.0. The van der Waals surface area contributed by atoms with E-state index >= 15 is 0 Å². The number of hydrogen-bond donors (Lipinski definition) is 3. The molecular weight excluding hydrogens is 903 g/mol. The molecule has 2 atom stereocenters. The van der Waals surface area contributed by atoms with Crippen LogP contribution in [-0.2, 0) is 4.79 Å². The van der Waals surface area contributed by atoms with Gasteiger partial charge < -0.3 is 15.5 Å². The van der Waals surface area contributed by atoms with Gasteiger partial charge in [0.25, 0.3) is 0 Å². The summed E-state index contributed by atoms with van der Waals surface area (Å²) in [4.78, 5) is 12.5. The maximum Gasteiger partial charge on any atom is 0.220 e. The minimum atomic E-state index is -0.876. The summed E-state index contributed by atoms with van der Waals surface area (Å²) < 4.78 is 0. The molecule has 0 saturated carbocycles. The van der Waals surface area contributed by atoms with Crippen molar-refractivity contribution in [2.75, 3.05) is 6.61 Å². The maximum absolute atomic E-state index is 12.5. The van der Waals surface area contributed by atoms with E-state index in [4.69, 9.17) is 0 Å². The molecule has 0 spiro atoms. The van der Waals surface area contributed by atoms with Crippen LogP contribution in [0.3, 0.4) is 0 Å². The molecule has 0 aliphatic rings. The van der Waals surface area contributed by atoms with Gasteiger partial charge in [-0.3, -0.25) is 4.79 Å². The van der Waals surface area contributed by atoms with Crippen LogP contribution < -0.4 is 5.32 Å². The van der Waals surface area contributed by atoms with Gasteiger partial charge in [0.2, 0.25) is 5.91 Å². The molecule has 0 fully saturated rings. The first-order valence-electron chi connectivity index (χ1n) is 32.5. The molecule has 428 valence electrons. The molecule has 0 bridgehead atoms. The second-order valence-corrected chi connectivity index (χ2v) is 21.8. The fourth-order valence-electron chi connectivity index (χ4n) is 9.65. The molecular formula is C70H125NO3. The molecule has 0 aromatic rings. The molecule has 4 nitrogen and oxygen atoms in total. The molecule has 0 aliphatic heterocycles. The van der Waals surface area contributed by atoms with Crippen molar-refractivity contribution < 1.29 is 15.0 Å². The number of rotatable bonds is 59. The number of amides is 1. The van der Waals surface area contributed by atoms with Crippen LogP contribution in [0.15, 0.2) is 97.2 Å². The number of allylic oxidation sites excluding steroid dienone is 15. The molecule has 2 unspecified atom stereocenters. The number of hydrogen-bond acceptors (Lipinski definition) is 3. The summed E-state index contributed by atoms with van der Waals surface area (Å²) in [6.45, 7) is 4.20. The lowest BCUT2D eigenvalue weighted by Gasteiger charge is -2.19. The molecule has 0 rings (SSSR count). The summed E-state index contributed by atoms with van der Waals surface area (Å²) in [5.74, 6) is -0.0768. The van der Waals surface area contributed by atoms with Crippen LogP contribution in [0.1, 0.15) is 322 Å². The molecule has 0 saturated heterocycles. The zero-order chi connectivity index (χ0) is 53.4. The predicted molar refractivity (Wildman–Crippen MR) is 331 cm³/mol. The fraction of sp³-hybridized carbons (Fsp3) is 0.757. The maximum atomic E-state index is 12.5. The van der Waals surface area contributed by atoms with Crippen molar-refractivity contribution in [2.45, 2.75) is 334 Å². The van der Waals surface area contributed by atoms with Gasteiger partial charge in [-0.15, -0.1) is 0 Å². The lowest BCUT2D eigenvalue weighted by molar-refractivity contribution is -0.123. The summed E-state index contributed by atoms with van der Waals surface area (Å²) >= 11 is 0. The van der Waals surface area contributed by atoms with Gasteiger partial charge >= 0.3 is 0 Å². The number of carbonyl (C=O) groups is 1. The largest absolute Gasteiger partial charge is 0.394 e. The van der Waals surface area contributed by atoms with Crippen LogP contribution in [0, 0.1) is 0 Å². The molecule has 74 heavy (non-hydrogen) atoms. The summed E-state index contributed by atoms with van der Waals surface area (Å²) in [7, 11) is 0. The SMILES string of the molecule is CC/C=C\C/C=C\C/C=C\C/C=C\C/C=C\CCCCCCCCCCCCCCCCCCCC(=O)NC(CO)C(O)/C=C/CC/C=C/CC/C=C/CCCCCCCCCCCCCCCCCCCCC. The Labute approximate surface area is 462 Å². The van der Waals surface area contributed by atoms with Crippen LogP contribution in [0.5, 0.6) is 0 Å². The van der Waals surface area contributed by atoms with Crippen LogP contribution in [0.4, 0.5) is 0 Å². The topological polar surface area (TPSA) is 69.6 Å². The third kappa shape index (κ3) is 60.2. The van der Waals surface area contributed by atoms with Crippen molar-refractivity contribution in [1.29, 1.82) is 0 Å². The standard InChI is InChI=1S/C70H125NO3/c1-3-5-7-9-11-13-15-17-19-21-23-25-27-29-31-33-34-35-36-38-40-42-44-46-48-50-52-54-56-58-60-62-64-66-70(74)71-68(67-72)69(73)65-63-61-59-57-55-53-51-49-47-45-43-41-39-37-32-30-28-26-24-22-20-18-16-14-12-10-8-6-4-2/h5,7,11,13,17,19,23,25,29,31,47,49,55,57,63,65,68-69,72-73H,3-4,6,8-10,12,14-16,18,20-22,24,26-28,30,32-46,48,50-54,56,58-62,64,66-67H2,1-2H3,(H,71,74)/b7-5-,13-11-,19-17-,25-23-,31-29-,49-47+,57-55+,65-63+. The Morgan fingerprint density at radius 3 is 0.946 bits per heavy atom. The van der Waals surface area contributed by atoms with Crippen molar-refractivity contribution >= 4 is 5.91 Å². The highest BCUT2D eigenvalue weighted by Crippen LogP contribution is 2.17. The van der Waals surface area contributed by atoms with E-state index in [9.17, 15) is 15.0 Å². The zero-order valence-electron chi connectivity index (χ0n) is 49.3. The van der Waals surface area contributed by atoms with Crippen LogP contribution in [0.25, 0.3) is 0 Å². The van der Waals surface area contributed by atoms with Crippen molar-refractivity contribution in [3.63, 3.8) is 0 Å². The van der Waals surface area contributed by atoms with Crippen molar-refractivity contribution in [3.8, 4) is 0 Å². The van der Waals surface area contributed by atoms with Gasteiger partial charge in [0.15, 0.2) is 0 Å². The normalized spacial score (nSPS) is 13.4. The Morgan fingerprint density at radius 1 is 0.338 bits per heavy atom. The summed E-state index contributed by atoms with van der Waals surface area (Å²) in [6.07, 6.45) is 96.1. The van der Waals surface area contributed by atoms with Crippen molar-refractivity contribution in [2.24, 2.45) is 0 Å². The highest BCUT2D eigenvalue weighted by molar-refractivity contribution is 5.76. The second kappa shape index (κ2) is 64.6. The molecule has 3 N–H and O–H groups in total. The van der Waals surface area contributed by atoms with Crippen LogP contribution in [0.2, 0.25) is 0 Å². The zero-order valence-corrected chi connectivity index (χ0v) is 49.3. The Kier molecular flexibility index (Phi) is 62.2. The molecule has 0 aromatic carbocycles. The minimum absolute atomic E-state index is 0.0768. The average Bonchev–Trinajstić information content (AvgIpc) is 3.40. The monoisotopic (exact) mass is 1030 g/mol. The highest BCUT2D eigenvalue weighted by Gasteiger charge is 2.18. The predicted octanol–water partition coefficient (Wildman–Crippen LogP) is 22.0. The first kappa shape index (κ1) is 71.3. The number of unbranched alkanes of at least 4 members (excludes halogenated alkanes) is 38. The molecule has 1 amide bonds. The van der Waals surface area contributed by atoms with E-state index in [2.05, 4.69) is 104 Å².